The molecule has 1 rings (SSSR count). The number of carbonyl (C=O) groups excluding carboxylic acids is 1. The van der Waals surface area contributed by atoms with E-state index in [0.29, 0.717) is 13.0 Å². The summed E-state index contributed by atoms with van der Waals surface area (Å²) >= 11 is 0. The van der Waals surface area contributed by atoms with Crippen LogP contribution in [-0.4, -0.2) is 61.8 Å². The summed E-state index contributed by atoms with van der Waals surface area (Å²) in [6.45, 7) is 4.24. The molecule has 0 aromatic carbocycles. The van der Waals surface area contributed by atoms with E-state index in [1.54, 1.807) is 7.11 Å². The number of carbonyl (C=O) groups is 2. The number of nitrogens with zero attached hydrogens (tertiary/aromatic N) is 1. The molecule has 0 spiro atoms. The Bertz CT molecular complexity index is 278. The van der Waals surface area contributed by atoms with Gasteiger partial charge in [0.2, 0.25) is 5.91 Å². The van der Waals surface area contributed by atoms with Gasteiger partial charge in [-0.25, -0.2) is 0 Å². The third-order valence-electron chi connectivity index (χ3n) is 3.97. The molecular formula is C14H28N2O4. The second-order valence-electron chi connectivity index (χ2n) is 5.07. The van der Waals surface area contributed by atoms with E-state index in [0.717, 1.165) is 13.1 Å². The van der Waals surface area contributed by atoms with Crippen molar-refractivity contribution >= 4 is 12.4 Å². The Hall–Kier alpha value is -1.14. The van der Waals surface area contributed by atoms with Crippen LogP contribution < -0.4 is 5.32 Å². The molecule has 0 aliphatic heterocycles. The van der Waals surface area contributed by atoms with Gasteiger partial charge in [0.05, 0.1) is 6.61 Å². The quantitative estimate of drug-likeness (QED) is 0.686. The van der Waals surface area contributed by atoms with Crippen LogP contribution in [0.1, 0.15) is 39.0 Å². The Morgan fingerprint density at radius 1 is 1.45 bits per heavy atom. The average molecular weight is 288 g/mol. The molecule has 1 aliphatic carbocycles. The number of carboxylic acid groups (broad SMARTS) is 1. The molecule has 1 aliphatic rings. The molecular weight excluding hydrogens is 260 g/mol. The van der Waals surface area contributed by atoms with Crippen LogP contribution in [0, 0.1) is 0 Å². The maximum absolute atomic E-state index is 11.6. The van der Waals surface area contributed by atoms with Gasteiger partial charge in [-0.15, -0.1) is 0 Å². The van der Waals surface area contributed by atoms with E-state index < -0.39 is 0 Å². The van der Waals surface area contributed by atoms with Crippen molar-refractivity contribution in [1.29, 1.82) is 0 Å². The Balaban J connectivity index is 0.00000110. The van der Waals surface area contributed by atoms with Gasteiger partial charge >= 0.3 is 0 Å². The fraction of sp³-hybridized carbons (Fsp3) is 0.857. The molecule has 2 N–H and O–H groups in total. The predicted molar refractivity (Wildman–Crippen MR) is 77.7 cm³/mol. The van der Waals surface area contributed by atoms with E-state index in [1.165, 1.54) is 25.7 Å². The van der Waals surface area contributed by atoms with Crippen molar-refractivity contribution in [1.82, 2.24) is 10.2 Å². The monoisotopic (exact) mass is 288 g/mol. The average Bonchev–Trinajstić information content (AvgIpc) is 2.93. The Labute approximate surface area is 121 Å². The van der Waals surface area contributed by atoms with Crippen molar-refractivity contribution in [3.8, 4) is 0 Å². The number of nitrogens with one attached hydrogen (secondary N) is 1. The smallest absolute Gasteiger partial charge is 0.290 e. The minimum absolute atomic E-state index is 0.0997. The van der Waals surface area contributed by atoms with E-state index in [2.05, 4.69) is 24.2 Å². The van der Waals surface area contributed by atoms with E-state index in [9.17, 15) is 4.79 Å². The molecule has 1 fully saturated rings. The van der Waals surface area contributed by atoms with Gasteiger partial charge in [0.15, 0.2) is 0 Å². The van der Waals surface area contributed by atoms with Crippen LogP contribution in [0.3, 0.4) is 0 Å². The fourth-order valence-electron chi connectivity index (χ4n) is 2.61. The number of hydrogen-bond acceptors (Lipinski definition) is 4. The molecule has 6 nitrogen and oxygen atoms in total. The lowest BCUT2D eigenvalue weighted by Gasteiger charge is -2.38. The number of likely N-dealkylation sites (N-methyl/N-ethyl adjacent to an activating group) is 1. The summed E-state index contributed by atoms with van der Waals surface area (Å²) in [4.78, 5) is 22.3. The molecule has 0 atom stereocenters. The summed E-state index contributed by atoms with van der Waals surface area (Å²) in [5.74, 6) is 0.0997. The summed E-state index contributed by atoms with van der Waals surface area (Å²) in [7, 11) is 3.78. The number of methoxy groups -OCH3 is 1. The standard InChI is InChI=1S/C13H26N2O2.CH2O2/c1-4-15(2)13(8-5-6-9-13)11-14-12(16)7-10-17-3;2-1-3/h4-11H2,1-3H3,(H,14,16);1H,(H,2,3). The first-order valence-electron chi connectivity index (χ1n) is 7.11. The SMILES string of the molecule is CCN(C)C1(CNC(=O)CCOC)CCCC1.O=CO. The van der Waals surface area contributed by atoms with Crippen LogP contribution in [-0.2, 0) is 14.3 Å². The fourth-order valence-corrected chi connectivity index (χ4v) is 2.61. The lowest BCUT2D eigenvalue weighted by atomic mass is 9.95. The molecule has 0 unspecified atom stereocenters. The molecule has 0 saturated heterocycles. The number of amides is 1. The zero-order valence-electron chi connectivity index (χ0n) is 12.9. The third-order valence-corrected chi connectivity index (χ3v) is 3.97. The van der Waals surface area contributed by atoms with E-state index in [1.807, 2.05) is 0 Å². The van der Waals surface area contributed by atoms with E-state index in [-0.39, 0.29) is 17.9 Å². The highest BCUT2D eigenvalue weighted by Gasteiger charge is 2.36. The van der Waals surface area contributed by atoms with E-state index in [4.69, 9.17) is 14.6 Å². The summed E-state index contributed by atoms with van der Waals surface area (Å²) in [5, 5.41) is 9.94. The Morgan fingerprint density at radius 3 is 2.45 bits per heavy atom. The van der Waals surface area contributed by atoms with Gasteiger partial charge in [-0.3, -0.25) is 14.5 Å². The lowest BCUT2D eigenvalue weighted by Crippen LogP contribution is -2.52. The van der Waals surface area contributed by atoms with Crippen molar-refractivity contribution < 1.29 is 19.4 Å². The maximum Gasteiger partial charge on any atom is 0.290 e. The molecule has 0 aromatic heterocycles. The molecule has 1 amide bonds. The molecule has 118 valence electrons. The van der Waals surface area contributed by atoms with Crippen LogP contribution in [0.15, 0.2) is 0 Å². The molecule has 1 saturated carbocycles. The Morgan fingerprint density at radius 2 is 2.00 bits per heavy atom. The summed E-state index contributed by atoms with van der Waals surface area (Å²) < 4.78 is 4.91. The van der Waals surface area contributed by atoms with Crippen molar-refractivity contribution in [3.05, 3.63) is 0 Å². The highest BCUT2D eigenvalue weighted by Crippen LogP contribution is 2.33. The first kappa shape index (κ1) is 18.9. The van der Waals surface area contributed by atoms with Crippen molar-refractivity contribution in [2.45, 2.75) is 44.6 Å². The summed E-state index contributed by atoms with van der Waals surface area (Å²) in [6, 6.07) is 0. The molecule has 6 heteroatoms. The largest absolute Gasteiger partial charge is 0.483 e. The molecule has 20 heavy (non-hydrogen) atoms. The zero-order chi connectivity index (χ0) is 15.4. The van der Waals surface area contributed by atoms with Gasteiger partial charge in [-0.2, -0.15) is 0 Å². The van der Waals surface area contributed by atoms with Gasteiger partial charge in [-0.05, 0) is 26.4 Å². The van der Waals surface area contributed by atoms with Gasteiger partial charge in [0, 0.05) is 25.6 Å². The number of ether oxygens (including phenoxy) is 1. The minimum atomic E-state index is -0.250. The second kappa shape index (κ2) is 10.6. The number of rotatable bonds is 7. The van der Waals surface area contributed by atoms with Crippen molar-refractivity contribution in [3.63, 3.8) is 0 Å². The van der Waals surface area contributed by atoms with Gasteiger partial charge in [-0.1, -0.05) is 19.8 Å². The molecule has 0 bridgehead atoms. The molecule has 0 heterocycles. The lowest BCUT2D eigenvalue weighted by molar-refractivity contribution is -0.123. The van der Waals surface area contributed by atoms with Crippen molar-refractivity contribution in [2.75, 3.05) is 33.9 Å². The van der Waals surface area contributed by atoms with Crippen LogP contribution in [0.5, 0.6) is 0 Å². The minimum Gasteiger partial charge on any atom is -0.483 e. The van der Waals surface area contributed by atoms with Gasteiger partial charge in [0.1, 0.15) is 0 Å². The first-order valence-corrected chi connectivity index (χ1v) is 7.11. The normalized spacial score (nSPS) is 16.4. The van der Waals surface area contributed by atoms with Crippen LogP contribution in [0.25, 0.3) is 0 Å². The van der Waals surface area contributed by atoms with Gasteiger partial charge < -0.3 is 15.2 Å². The summed E-state index contributed by atoms with van der Waals surface area (Å²) in [5.41, 5.74) is 0.192. The molecule has 0 aromatic rings. The topological polar surface area (TPSA) is 78.9 Å². The van der Waals surface area contributed by atoms with Crippen LogP contribution in [0.4, 0.5) is 0 Å². The third kappa shape index (κ3) is 6.34. The van der Waals surface area contributed by atoms with E-state index >= 15 is 0 Å². The molecule has 0 radical (unpaired) electrons. The van der Waals surface area contributed by atoms with Crippen molar-refractivity contribution in [2.24, 2.45) is 0 Å². The van der Waals surface area contributed by atoms with Gasteiger partial charge in [0.25, 0.3) is 6.47 Å². The van der Waals surface area contributed by atoms with Crippen LogP contribution >= 0.6 is 0 Å². The Kier molecular flexibility index (Phi) is 10.0. The predicted octanol–water partition coefficient (Wildman–Crippen LogP) is 1.10. The second-order valence-corrected chi connectivity index (χ2v) is 5.07. The highest BCUT2D eigenvalue weighted by atomic mass is 16.5. The maximum atomic E-state index is 11.6. The highest BCUT2D eigenvalue weighted by molar-refractivity contribution is 5.76. The first-order chi connectivity index (χ1) is 9.56. The zero-order valence-corrected chi connectivity index (χ0v) is 12.9. The summed E-state index contributed by atoms with van der Waals surface area (Å²) in [6.07, 6.45) is 5.41. The van der Waals surface area contributed by atoms with Crippen LogP contribution in [0.2, 0.25) is 0 Å². The number of hydrogen-bond donors (Lipinski definition) is 2.